The Hall–Kier alpha value is -1.57. The van der Waals surface area contributed by atoms with Crippen molar-refractivity contribution in [2.24, 2.45) is 23.2 Å². The first-order chi connectivity index (χ1) is 10.0. The van der Waals surface area contributed by atoms with Gasteiger partial charge in [-0.2, -0.15) is 5.26 Å². The Bertz CT molecular complexity index is 459. The Morgan fingerprint density at radius 1 is 1.24 bits per heavy atom. The Morgan fingerprint density at radius 3 is 2.24 bits per heavy atom. The zero-order valence-electron chi connectivity index (χ0n) is 12.4. The first kappa shape index (κ1) is 14.4. The maximum atomic E-state index is 12.6. The lowest BCUT2D eigenvalue weighted by Crippen LogP contribution is -2.54. The molecule has 5 nitrogen and oxygen atoms in total. The largest absolute Gasteiger partial charge is 0.446 e. The van der Waals surface area contributed by atoms with Crippen LogP contribution >= 0.6 is 0 Å². The first-order valence-electron chi connectivity index (χ1n) is 7.88. The van der Waals surface area contributed by atoms with Crippen LogP contribution in [0.4, 0.5) is 0 Å². The summed E-state index contributed by atoms with van der Waals surface area (Å²) in [5.41, 5.74) is -0.240. The van der Waals surface area contributed by atoms with E-state index in [1.165, 1.54) is 26.2 Å². The van der Waals surface area contributed by atoms with E-state index in [9.17, 15) is 9.59 Å². The van der Waals surface area contributed by atoms with Gasteiger partial charge in [0.05, 0.1) is 0 Å². The minimum Gasteiger partial charge on any atom is -0.446 e. The lowest BCUT2D eigenvalue weighted by Gasteiger charge is -2.55. The highest BCUT2D eigenvalue weighted by Crippen LogP contribution is 2.60. The minimum atomic E-state index is -0.769. The third kappa shape index (κ3) is 2.76. The van der Waals surface area contributed by atoms with E-state index in [2.05, 4.69) is 5.32 Å². The average molecular weight is 290 g/mol. The SMILES string of the molecule is C[C@H](C#N)OC(=O)CNC(=O)C12CC3CC(CC(C3)C1)C2. The van der Waals surface area contributed by atoms with Gasteiger partial charge >= 0.3 is 5.97 Å². The van der Waals surface area contributed by atoms with Gasteiger partial charge in [0.1, 0.15) is 12.6 Å². The number of carbonyl (C=O) groups excluding carboxylic acids is 2. The van der Waals surface area contributed by atoms with Crippen LogP contribution in [0.15, 0.2) is 0 Å². The number of esters is 1. The smallest absolute Gasteiger partial charge is 0.326 e. The molecular formula is C16H22N2O3. The van der Waals surface area contributed by atoms with Crippen LogP contribution in [0.25, 0.3) is 0 Å². The first-order valence-corrected chi connectivity index (χ1v) is 7.88. The number of amides is 1. The Labute approximate surface area is 125 Å². The van der Waals surface area contributed by atoms with Gasteiger partial charge < -0.3 is 10.1 Å². The summed E-state index contributed by atoms with van der Waals surface area (Å²) in [6, 6.07) is 1.84. The molecule has 4 saturated carbocycles. The van der Waals surface area contributed by atoms with Gasteiger partial charge in [-0.25, -0.2) is 0 Å². The fourth-order valence-electron chi connectivity index (χ4n) is 4.99. The molecule has 5 heteroatoms. The van der Waals surface area contributed by atoms with E-state index in [1.807, 2.05) is 6.07 Å². The maximum absolute atomic E-state index is 12.6. The van der Waals surface area contributed by atoms with E-state index in [0.717, 1.165) is 19.3 Å². The van der Waals surface area contributed by atoms with Crippen molar-refractivity contribution in [3.05, 3.63) is 0 Å². The van der Waals surface area contributed by atoms with Gasteiger partial charge in [-0.05, 0) is 63.2 Å². The quantitative estimate of drug-likeness (QED) is 0.800. The lowest BCUT2D eigenvalue weighted by molar-refractivity contribution is -0.151. The number of ether oxygens (including phenoxy) is 1. The van der Waals surface area contributed by atoms with Gasteiger partial charge in [0.2, 0.25) is 5.91 Å². The van der Waals surface area contributed by atoms with Crippen LogP contribution in [-0.2, 0) is 14.3 Å². The number of hydrogen-bond acceptors (Lipinski definition) is 4. The molecule has 1 atom stereocenters. The van der Waals surface area contributed by atoms with Crippen molar-refractivity contribution in [3.63, 3.8) is 0 Å². The molecule has 0 spiro atoms. The molecule has 0 unspecified atom stereocenters. The molecular weight excluding hydrogens is 268 g/mol. The molecule has 0 heterocycles. The second-order valence-electron chi connectivity index (χ2n) is 7.14. The predicted molar refractivity (Wildman–Crippen MR) is 74.8 cm³/mol. The maximum Gasteiger partial charge on any atom is 0.326 e. The summed E-state index contributed by atoms with van der Waals surface area (Å²) in [5.74, 6) is 1.58. The number of nitrogens with one attached hydrogen (secondary N) is 1. The second-order valence-corrected chi connectivity index (χ2v) is 7.14. The molecule has 21 heavy (non-hydrogen) atoms. The highest BCUT2D eigenvalue weighted by Gasteiger charge is 2.54. The highest BCUT2D eigenvalue weighted by atomic mass is 16.5. The molecule has 4 aliphatic rings. The van der Waals surface area contributed by atoms with Crippen LogP contribution in [0.2, 0.25) is 0 Å². The summed E-state index contributed by atoms with van der Waals surface area (Å²) in [7, 11) is 0. The molecule has 0 aromatic carbocycles. The van der Waals surface area contributed by atoms with Gasteiger partial charge in [0.25, 0.3) is 0 Å². The molecule has 0 saturated heterocycles. The monoisotopic (exact) mass is 290 g/mol. The minimum absolute atomic E-state index is 0.0168. The molecule has 0 aromatic heterocycles. The van der Waals surface area contributed by atoms with Crippen LogP contribution in [0, 0.1) is 34.5 Å². The molecule has 0 aromatic rings. The predicted octanol–water partition coefficient (Wildman–Crippen LogP) is 1.77. The van der Waals surface area contributed by atoms with Crippen molar-refractivity contribution >= 4 is 11.9 Å². The van der Waals surface area contributed by atoms with Crippen molar-refractivity contribution in [3.8, 4) is 6.07 Å². The van der Waals surface area contributed by atoms with Gasteiger partial charge in [0.15, 0.2) is 6.10 Å². The molecule has 0 radical (unpaired) electrons. The van der Waals surface area contributed by atoms with Crippen molar-refractivity contribution in [2.75, 3.05) is 6.54 Å². The van der Waals surface area contributed by atoms with Crippen LogP contribution in [0.3, 0.4) is 0 Å². The second kappa shape index (κ2) is 5.32. The molecule has 4 rings (SSSR count). The van der Waals surface area contributed by atoms with Crippen LogP contribution in [0.1, 0.15) is 45.4 Å². The topological polar surface area (TPSA) is 79.2 Å². The molecule has 4 fully saturated rings. The normalized spacial score (nSPS) is 37.6. The van der Waals surface area contributed by atoms with Crippen molar-refractivity contribution in [1.29, 1.82) is 5.26 Å². The molecule has 114 valence electrons. The fourth-order valence-corrected chi connectivity index (χ4v) is 4.99. The molecule has 1 amide bonds. The summed E-state index contributed by atoms with van der Waals surface area (Å²) in [6.07, 6.45) is 6.03. The third-order valence-corrected chi connectivity index (χ3v) is 5.40. The van der Waals surface area contributed by atoms with E-state index < -0.39 is 12.1 Å². The van der Waals surface area contributed by atoms with Crippen LogP contribution in [-0.4, -0.2) is 24.5 Å². The van der Waals surface area contributed by atoms with Gasteiger partial charge in [-0.1, -0.05) is 0 Å². The number of nitrogens with zero attached hydrogens (tertiary/aromatic N) is 1. The number of rotatable bonds is 4. The Balaban J connectivity index is 1.56. The highest BCUT2D eigenvalue weighted by molar-refractivity contribution is 5.86. The summed E-state index contributed by atoms with van der Waals surface area (Å²) in [4.78, 5) is 24.1. The van der Waals surface area contributed by atoms with E-state index in [1.54, 1.807) is 0 Å². The summed E-state index contributed by atoms with van der Waals surface area (Å²) < 4.78 is 4.85. The van der Waals surface area contributed by atoms with Gasteiger partial charge in [-0.3, -0.25) is 9.59 Å². The molecule has 0 aliphatic heterocycles. The summed E-state index contributed by atoms with van der Waals surface area (Å²) in [6.45, 7) is 1.38. The van der Waals surface area contributed by atoms with Gasteiger partial charge in [-0.15, -0.1) is 0 Å². The van der Waals surface area contributed by atoms with Crippen molar-refractivity contribution in [2.45, 2.75) is 51.6 Å². The number of nitriles is 1. The average Bonchev–Trinajstić information content (AvgIpc) is 2.43. The zero-order chi connectivity index (χ0) is 15.0. The van der Waals surface area contributed by atoms with E-state index in [0.29, 0.717) is 17.8 Å². The van der Waals surface area contributed by atoms with Crippen LogP contribution < -0.4 is 5.32 Å². The molecule has 1 N–H and O–H groups in total. The van der Waals surface area contributed by atoms with Crippen LogP contribution in [0.5, 0.6) is 0 Å². The fraction of sp³-hybridized carbons (Fsp3) is 0.812. The van der Waals surface area contributed by atoms with E-state index in [4.69, 9.17) is 10.00 Å². The lowest BCUT2D eigenvalue weighted by atomic mass is 9.49. The standard InChI is InChI=1S/C16H22N2O3/c1-10(8-17)21-14(19)9-18-15(20)16-5-11-2-12(6-16)4-13(3-11)7-16/h10-13H,2-7,9H2,1H3,(H,18,20)/t10-,11?,12?,13?,16?/m1/s1. The Morgan fingerprint density at radius 2 is 1.76 bits per heavy atom. The summed E-state index contributed by atoms with van der Waals surface area (Å²) >= 11 is 0. The van der Waals surface area contributed by atoms with Gasteiger partial charge in [0, 0.05) is 5.41 Å². The third-order valence-electron chi connectivity index (χ3n) is 5.40. The number of carbonyl (C=O) groups is 2. The Kier molecular flexibility index (Phi) is 3.64. The van der Waals surface area contributed by atoms with Crippen molar-refractivity contribution < 1.29 is 14.3 Å². The van der Waals surface area contributed by atoms with E-state index in [-0.39, 0.29) is 17.9 Å². The molecule has 4 bridgehead atoms. The molecule has 4 aliphatic carbocycles. The number of hydrogen-bond donors (Lipinski definition) is 1. The zero-order valence-corrected chi connectivity index (χ0v) is 12.4. The van der Waals surface area contributed by atoms with Crippen molar-refractivity contribution in [1.82, 2.24) is 5.32 Å². The summed E-state index contributed by atoms with van der Waals surface area (Å²) in [5, 5.41) is 11.3. The van der Waals surface area contributed by atoms with E-state index >= 15 is 0 Å².